The highest BCUT2D eigenvalue weighted by molar-refractivity contribution is 5.97. The van der Waals surface area contributed by atoms with E-state index >= 15 is 0 Å². The molecule has 2 fully saturated rings. The lowest BCUT2D eigenvalue weighted by Gasteiger charge is -2.33. The van der Waals surface area contributed by atoms with Crippen molar-refractivity contribution in [2.75, 3.05) is 26.2 Å². The topological polar surface area (TPSA) is 67.6 Å². The molecule has 1 N–H and O–H groups in total. The van der Waals surface area contributed by atoms with Gasteiger partial charge < -0.3 is 19.4 Å². The summed E-state index contributed by atoms with van der Waals surface area (Å²) in [7, 11) is 0. The van der Waals surface area contributed by atoms with E-state index < -0.39 is 0 Å². The number of benzene rings is 1. The Kier molecular flexibility index (Phi) is 4.72. The predicted octanol–water partition coefficient (Wildman–Crippen LogP) is 2.51. The number of carbonyl (C=O) groups excluding carboxylic acids is 1. The molecule has 25 heavy (non-hydrogen) atoms. The van der Waals surface area contributed by atoms with E-state index in [1.54, 1.807) is 6.07 Å². The van der Waals surface area contributed by atoms with Gasteiger partial charge in [0.05, 0.1) is 6.10 Å². The number of piperidine rings is 1. The zero-order valence-electron chi connectivity index (χ0n) is 14.7. The van der Waals surface area contributed by atoms with Crippen LogP contribution in [0.25, 0.3) is 11.1 Å². The average molecular weight is 343 g/mol. The van der Waals surface area contributed by atoms with Gasteiger partial charge in [-0.2, -0.15) is 0 Å². The van der Waals surface area contributed by atoms with Crippen LogP contribution < -0.4 is 5.32 Å². The van der Waals surface area contributed by atoms with Crippen LogP contribution in [0, 0.1) is 6.92 Å². The molecule has 1 aromatic heterocycles. The highest BCUT2D eigenvalue weighted by Gasteiger charge is 2.25. The standard InChI is InChI=1S/C19H25N3O3/c1-13-20-17-5-4-14(11-18(17)25-13)19(23)21-15-6-8-22(9-7-15)12-16-3-2-10-24-16/h4-5,11,15-16H,2-3,6-10,12H2,1H3,(H,21,23)/t16-/m1/s1. The van der Waals surface area contributed by atoms with E-state index in [1.807, 2.05) is 19.1 Å². The third kappa shape index (κ3) is 3.85. The van der Waals surface area contributed by atoms with Gasteiger partial charge in [-0.05, 0) is 43.9 Å². The van der Waals surface area contributed by atoms with E-state index in [0.717, 1.165) is 44.6 Å². The van der Waals surface area contributed by atoms with Crippen LogP contribution >= 0.6 is 0 Å². The molecule has 0 aliphatic carbocycles. The quantitative estimate of drug-likeness (QED) is 0.924. The number of oxazole rings is 1. The summed E-state index contributed by atoms with van der Waals surface area (Å²) >= 11 is 0. The largest absolute Gasteiger partial charge is 0.441 e. The molecule has 0 radical (unpaired) electrons. The van der Waals surface area contributed by atoms with Gasteiger partial charge in [0, 0.05) is 44.8 Å². The summed E-state index contributed by atoms with van der Waals surface area (Å²) in [6.45, 7) is 5.79. The van der Waals surface area contributed by atoms with Crippen molar-refractivity contribution in [2.24, 2.45) is 0 Å². The van der Waals surface area contributed by atoms with Crippen LogP contribution in [0.2, 0.25) is 0 Å². The van der Waals surface area contributed by atoms with Crippen molar-refractivity contribution < 1.29 is 13.9 Å². The van der Waals surface area contributed by atoms with Crippen molar-refractivity contribution in [3.05, 3.63) is 29.7 Å². The van der Waals surface area contributed by atoms with Gasteiger partial charge in [0.15, 0.2) is 11.5 Å². The van der Waals surface area contributed by atoms with E-state index in [1.165, 1.54) is 12.8 Å². The maximum atomic E-state index is 12.5. The van der Waals surface area contributed by atoms with Gasteiger partial charge in [-0.25, -0.2) is 4.98 Å². The zero-order valence-corrected chi connectivity index (χ0v) is 14.7. The van der Waals surface area contributed by atoms with Crippen molar-refractivity contribution >= 4 is 17.0 Å². The lowest BCUT2D eigenvalue weighted by Crippen LogP contribution is -2.46. The summed E-state index contributed by atoms with van der Waals surface area (Å²) in [5, 5.41) is 3.16. The Bertz CT molecular complexity index is 743. The number of nitrogens with zero attached hydrogens (tertiary/aromatic N) is 2. The van der Waals surface area contributed by atoms with Gasteiger partial charge in [0.25, 0.3) is 5.91 Å². The monoisotopic (exact) mass is 343 g/mol. The highest BCUT2D eigenvalue weighted by atomic mass is 16.5. The number of amides is 1. The maximum absolute atomic E-state index is 12.5. The third-order valence-electron chi connectivity index (χ3n) is 5.17. The smallest absolute Gasteiger partial charge is 0.251 e. The molecular formula is C19H25N3O3. The van der Waals surface area contributed by atoms with E-state index in [-0.39, 0.29) is 11.9 Å². The molecule has 0 unspecified atom stereocenters. The Morgan fingerprint density at radius 2 is 2.16 bits per heavy atom. The van der Waals surface area contributed by atoms with Gasteiger partial charge in [-0.15, -0.1) is 0 Å². The maximum Gasteiger partial charge on any atom is 0.251 e. The van der Waals surface area contributed by atoms with Gasteiger partial charge in [0.1, 0.15) is 5.52 Å². The second-order valence-corrected chi connectivity index (χ2v) is 7.10. The van der Waals surface area contributed by atoms with Gasteiger partial charge in [-0.3, -0.25) is 4.79 Å². The molecule has 2 aliphatic rings. The van der Waals surface area contributed by atoms with E-state index in [0.29, 0.717) is 23.1 Å². The first-order valence-corrected chi connectivity index (χ1v) is 9.19. The molecule has 3 heterocycles. The van der Waals surface area contributed by atoms with Crippen LogP contribution in [0.15, 0.2) is 22.6 Å². The number of nitrogens with one attached hydrogen (secondary N) is 1. The second kappa shape index (κ2) is 7.14. The molecule has 2 aromatic rings. The fourth-order valence-corrected chi connectivity index (χ4v) is 3.79. The first-order chi connectivity index (χ1) is 12.2. The normalized spacial score (nSPS) is 22.5. The van der Waals surface area contributed by atoms with E-state index in [9.17, 15) is 4.79 Å². The first kappa shape index (κ1) is 16.5. The molecule has 1 aromatic carbocycles. The Morgan fingerprint density at radius 3 is 2.92 bits per heavy atom. The molecule has 2 aliphatic heterocycles. The van der Waals surface area contributed by atoms with Crippen molar-refractivity contribution in [3.63, 3.8) is 0 Å². The summed E-state index contributed by atoms with van der Waals surface area (Å²) in [5.41, 5.74) is 2.08. The molecule has 6 nitrogen and oxygen atoms in total. The number of likely N-dealkylation sites (tertiary alicyclic amines) is 1. The number of carbonyl (C=O) groups is 1. The van der Waals surface area contributed by atoms with E-state index in [2.05, 4.69) is 15.2 Å². The Morgan fingerprint density at radius 1 is 1.32 bits per heavy atom. The minimum absolute atomic E-state index is 0.0338. The molecular weight excluding hydrogens is 318 g/mol. The molecule has 2 saturated heterocycles. The molecule has 0 saturated carbocycles. The van der Waals surface area contributed by atoms with Crippen LogP contribution in [-0.2, 0) is 4.74 Å². The number of ether oxygens (including phenoxy) is 1. The first-order valence-electron chi connectivity index (χ1n) is 9.19. The number of aromatic nitrogens is 1. The minimum Gasteiger partial charge on any atom is -0.441 e. The fourth-order valence-electron chi connectivity index (χ4n) is 3.79. The summed E-state index contributed by atoms with van der Waals surface area (Å²) < 4.78 is 11.2. The fraction of sp³-hybridized carbons (Fsp3) is 0.579. The number of rotatable bonds is 4. The average Bonchev–Trinajstić information content (AvgIpc) is 3.24. The van der Waals surface area contributed by atoms with Crippen LogP contribution in [0.5, 0.6) is 0 Å². The Labute approximate surface area is 147 Å². The lowest BCUT2D eigenvalue weighted by molar-refractivity contribution is 0.0613. The second-order valence-electron chi connectivity index (χ2n) is 7.10. The molecule has 0 spiro atoms. The van der Waals surface area contributed by atoms with Gasteiger partial charge in [0.2, 0.25) is 0 Å². The molecule has 1 amide bonds. The van der Waals surface area contributed by atoms with Crippen LogP contribution in [0.1, 0.15) is 41.9 Å². The molecule has 6 heteroatoms. The van der Waals surface area contributed by atoms with Crippen molar-refractivity contribution in [1.82, 2.24) is 15.2 Å². The lowest BCUT2D eigenvalue weighted by atomic mass is 10.0. The van der Waals surface area contributed by atoms with Crippen molar-refractivity contribution in [3.8, 4) is 0 Å². The summed E-state index contributed by atoms with van der Waals surface area (Å²) in [4.78, 5) is 19.2. The Balaban J connectivity index is 1.30. The van der Waals surface area contributed by atoms with E-state index in [4.69, 9.17) is 9.15 Å². The predicted molar refractivity (Wildman–Crippen MR) is 94.6 cm³/mol. The number of aryl methyl sites for hydroxylation is 1. The summed E-state index contributed by atoms with van der Waals surface area (Å²) in [6, 6.07) is 5.66. The zero-order chi connectivity index (χ0) is 17.2. The van der Waals surface area contributed by atoms with Crippen LogP contribution in [0.4, 0.5) is 0 Å². The van der Waals surface area contributed by atoms with Crippen molar-refractivity contribution in [2.45, 2.75) is 44.8 Å². The SMILES string of the molecule is Cc1nc2ccc(C(=O)NC3CCN(C[C@H]4CCCO4)CC3)cc2o1. The highest BCUT2D eigenvalue weighted by Crippen LogP contribution is 2.19. The minimum atomic E-state index is -0.0338. The van der Waals surface area contributed by atoms with Gasteiger partial charge in [-0.1, -0.05) is 0 Å². The number of hydrogen-bond donors (Lipinski definition) is 1. The Hall–Kier alpha value is -1.92. The van der Waals surface area contributed by atoms with Gasteiger partial charge >= 0.3 is 0 Å². The molecule has 1 atom stereocenters. The van der Waals surface area contributed by atoms with Crippen molar-refractivity contribution in [1.29, 1.82) is 0 Å². The summed E-state index contributed by atoms with van der Waals surface area (Å²) in [6.07, 6.45) is 4.75. The third-order valence-corrected chi connectivity index (χ3v) is 5.17. The number of fused-ring (bicyclic) bond motifs is 1. The number of hydrogen-bond acceptors (Lipinski definition) is 5. The van der Waals surface area contributed by atoms with Crippen LogP contribution in [-0.4, -0.2) is 54.2 Å². The summed E-state index contributed by atoms with van der Waals surface area (Å²) in [5.74, 6) is 0.583. The molecule has 0 bridgehead atoms. The molecule has 4 rings (SSSR count). The van der Waals surface area contributed by atoms with Crippen LogP contribution in [0.3, 0.4) is 0 Å². The molecule has 134 valence electrons.